The van der Waals surface area contributed by atoms with Crippen LogP contribution in [0.2, 0.25) is 0 Å². The van der Waals surface area contributed by atoms with Crippen LogP contribution in [0.25, 0.3) is 5.57 Å². The summed E-state index contributed by atoms with van der Waals surface area (Å²) in [5.41, 5.74) is 3.51. The normalized spacial score (nSPS) is 15.8. The lowest BCUT2D eigenvalue weighted by molar-refractivity contribution is -0.136. The fourth-order valence-corrected chi connectivity index (χ4v) is 3.93. The largest absolute Gasteiger partial charge is 0.493 e. The van der Waals surface area contributed by atoms with Gasteiger partial charge in [0, 0.05) is 18.8 Å². The minimum atomic E-state index is -0.332. The van der Waals surface area contributed by atoms with Gasteiger partial charge >= 0.3 is 0 Å². The third-order valence-electron chi connectivity index (χ3n) is 5.28. The van der Waals surface area contributed by atoms with E-state index in [9.17, 15) is 9.59 Å². The summed E-state index contributed by atoms with van der Waals surface area (Å²) in [4.78, 5) is 29.7. The van der Waals surface area contributed by atoms with Gasteiger partial charge in [0.2, 0.25) is 0 Å². The van der Waals surface area contributed by atoms with E-state index in [4.69, 9.17) is 9.47 Å². The van der Waals surface area contributed by atoms with Crippen LogP contribution < -0.4 is 14.4 Å². The maximum atomic E-state index is 13.3. The molecule has 2 aromatic carbocycles. The molecule has 0 saturated heterocycles. The molecule has 6 nitrogen and oxygen atoms in total. The Labute approximate surface area is 169 Å². The van der Waals surface area contributed by atoms with Crippen LogP contribution in [0.15, 0.2) is 60.8 Å². The predicted molar refractivity (Wildman–Crippen MR) is 111 cm³/mol. The van der Waals surface area contributed by atoms with Crippen molar-refractivity contribution in [3.63, 3.8) is 0 Å². The summed E-state index contributed by atoms with van der Waals surface area (Å²) in [6.45, 7) is 4.49. The number of anilines is 1. The number of imide groups is 1. The molecule has 0 radical (unpaired) electrons. The van der Waals surface area contributed by atoms with E-state index in [2.05, 4.69) is 12.6 Å². The van der Waals surface area contributed by atoms with Crippen molar-refractivity contribution in [1.82, 2.24) is 4.90 Å². The summed E-state index contributed by atoms with van der Waals surface area (Å²) in [7, 11) is 3.10. The molecule has 0 fully saturated rings. The standard InChI is InChI=1S/C23H22N2O4/c1-4-12-25-22(26)20(16-9-10-18(28-2)19(14-16)29-3)21(23(25)27)24-13-11-15-7-5-6-8-17(15)24/h4-10,14H,1,11-13H2,2-3H3. The van der Waals surface area contributed by atoms with Crippen LogP contribution in [0.3, 0.4) is 0 Å². The number of carbonyl (C=O) groups excluding carboxylic acids is 2. The fraction of sp³-hybridized carbons (Fsp3) is 0.217. The average Bonchev–Trinajstić information content (AvgIpc) is 3.27. The SMILES string of the molecule is C=CCN1C(=O)C(c2ccc(OC)c(OC)c2)=C(N2CCc3ccccc32)C1=O. The van der Waals surface area contributed by atoms with Gasteiger partial charge in [-0.15, -0.1) is 6.58 Å². The summed E-state index contributed by atoms with van der Waals surface area (Å²) in [6.07, 6.45) is 2.38. The van der Waals surface area contributed by atoms with Crippen molar-refractivity contribution < 1.29 is 19.1 Å². The Morgan fingerprint density at radius 2 is 1.79 bits per heavy atom. The fourth-order valence-electron chi connectivity index (χ4n) is 3.93. The molecule has 2 aromatic rings. The number of hydrogen-bond acceptors (Lipinski definition) is 5. The van der Waals surface area contributed by atoms with Crippen molar-refractivity contribution >= 4 is 23.1 Å². The molecule has 0 aliphatic carbocycles. The molecule has 2 aliphatic heterocycles. The number of carbonyl (C=O) groups is 2. The number of ether oxygens (including phenoxy) is 2. The van der Waals surface area contributed by atoms with Gasteiger partial charge in [0.15, 0.2) is 11.5 Å². The summed E-state index contributed by atoms with van der Waals surface area (Å²) in [5.74, 6) is 0.420. The molecule has 0 bridgehead atoms. The average molecular weight is 390 g/mol. The van der Waals surface area contributed by atoms with Gasteiger partial charge in [0.25, 0.3) is 11.8 Å². The Morgan fingerprint density at radius 1 is 1.03 bits per heavy atom. The second kappa shape index (κ2) is 7.47. The van der Waals surface area contributed by atoms with Crippen molar-refractivity contribution in [2.24, 2.45) is 0 Å². The third kappa shape index (κ3) is 2.97. The number of amides is 2. The van der Waals surface area contributed by atoms with Gasteiger partial charge in [-0.25, -0.2) is 0 Å². The zero-order valence-electron chi connectivity index (χ0n) is 16.5. The van der Waals surface area contributed by atoms with Crippen molar-refractivity contribution in [3.05, 3.63) is 71.9 Å². The van der Waals surface area contributed by atoms with Gasteiger partial charge in [-0.05, 0) is 35.7 Å². The first-order valence-corrected chi connectivity index (χ1v) is 9.40. The second-order valence-electron chi connectivity index (χ2n) is 6.83. The number of rotatable bonds is 6. The van der Waals surface area contributed by atoms with Gasteiger partial charge in [-0.3, -0.25) is 14.5 Å². The number of fused-ring (bicyclic) bond motifs is 1. The molecular weight excluding hydrogens is 368 g/mol. The quantitative estimate of drug-likeness (QED) is 0.561. The molecule has 2 aliphatic rings. The van der Waals surface area contributed by atoms with Gasteiger partial charge in [0.05, 0.1) is 19.8 Å². The van der Waals surface area contributed by atoms with Crippen LogP contribution in [0.5, 0.6) is 11.5 Å². The molecule has 0 spiro atoms. The monoisotopic (exact) mass is 390 g/mol. The number of para-hydroxylation sites is 1. The Kier molecular flexibility index (Phi) is 4.84. The van der Waals surface area contributed by atoms with Gasteiger partial charge in [-0.2, -0.15) is 0 Å². The van der Waals surface area contributed by atoms with E-state index >= 15 is 0 Å². The first-order valence-electron chi connectivity index (χ1n) is 9.40. The highest BCUT2D eigenvalue weighted by molar-refractivity contribution is 6.37. The Balaban J connectivity index is 1.90. The molecule has 0 aromatic heterocycles. The van der Waals surface area contributed by atoms with Crippen LogP contribution in [-0.2, 0) is 16.0 Å². The molecule has 0 saturated carbocycles. The molecule has 0 N–H and O–H groups in total. The van der Waals surface area contributed by atoms with Crippen molar-refractivity contribution in [1.29, 1.82) is 0 Å². The van der Waals surface area contributed by atoms with E-state index in [0.29, 0.717) is 34.9 Å². The van der Waals surface area contributed by atoms with E-state index in [0.717, 1.165) is 17.7 Å². The van der Waals surface area contributed by atoms with E-state index in [1.54, 1.807) is 38.5 Å². The molecule has 148 valence electrons. The van der Waals surface area contributed by atoms with Crippen molar-refractivity contribution in [2.75, 3.05) is 32.2 Å². The van der Waals surface area contributed by atoms with Crippen LogP contribution in [-0.4, -0.2) is 44.0 Å². The minimum absolute atomic E-state index is 0.160. The number of methoxy groups -OCH3 is 2. The molecule has 29 heavy (non-hydrogen) atoms. The van der Waals surface area contributed by atoms with Crippen LogP contribution in [0.1, 0.15) is 11.1 Å². The first kappa shape index (κ1) is 18.8. The van der Waals surface area contributed by atoms with Crippen molar-refractivity contribution in [2.45, 2.75) is 6.42 Å². The number of nitrogens with zero attached hydrogens (tertiary/aromatic N) is 2. The zero-order chi connectivity index (χ0) is 20.5. The van der Waals surface area contributed by atoms with Gasteiger partial charge in [0.1, 0.15) is 5.70 Å². The molecule has 0 atom stereocenters. The predicted octanol–water partition coefficient (Wildman–Crippen LogP) is 3.03. The molecule has 4 rings (SSSR count). The number of hydrogen-bond donors (Lipinski definition) is 0. The van der Waals surface area contributed by atoms with Crippen LogP contribution in [0.4, 0.5) is 5.69 Å². The number of benzene rings is 2. The van der Waals surface area contributed by atoms with Crippen LogP contribution >= 0.6 is 0 Å². The van der Waals surface area contributed by atoms with E-state index in [1.807, 2.05) is 23.1 Å². The highest BCUT2D eigenvalue weighted by atomic mass is 16.5. The molecule has 2 amide bonds. The molecule has 0 unspecified atom stereocenters. The first-order chi connectivity index (χ1) is 14.1. The maximum absolute atomic E-state index is 13.3. The third-order valence-corrected chi connectivity index (χ3v) is 5.28. The Morgan fingerprint density at radius 3 is 2.52 bits per heavy atom. The van der Waals surface area contributed by atoms with Crippen molar-refractivity contribution in [3.8, 4) is 11.5 Å². The second-order valence-corrected chi connectivity index (χ2v) is 6.83. The molecular formula is C23H22N2O4. The lowest BCUT2D eigenvalue weighted by Crippen LogP contribution is -2.34. The minimum Gasteiger partial charge on any atom is -0.493 e. The van der Waals surface area contributed by atoms with Gasteiger partial charge < -0.3 is 14.4 Å². The van der Waals surface area contributed by atoms with Crippen LogP contribution in [0, 0.1) is 0 Å². The zero-order valence-corrected chi connectivity index (χ0v) is 16.5. The summed E-state index contributed by atoms with van der Waals surface area (Å²) < 4.78 is 10.7. The lowest BCUT2D eigenvalue weighted by atomic mass is 10.0. The summed E-state index contributed by atoms with van der Waals surface area (Å²) in [5, 5.41) is 0. The highest BCUT2D eigenvalue weighted by Crippen LogP contribution is 2.40. The Bertz CT molecular complexity index is 1040. The van der Waals surface area contributed by atoms with E-state index in [-0.39, 0.29) is 18.4 Å². The highest BCUT2D eigenvalue weighted by Gasteiger charge is 2.42. The summed E-state index contributed by atoms with van der Waals surface area (Å²) >= 11 is 0. The van der Waals surface area contributed by atoms with Gasteiger partial charge in [-0.1, -0.05) is 30.3 Å². The Hall–Kier alpha value is -3.54. The lowest BCUT2D eigenvalue weighted by Gasteiger charge is -2.21. The molecule has 2 heterocycles. The topological polar surface area (TPSA) is 59.1 Å². The van der Waals surface area contributed by atoms with E-state index in [1.165, 1.54) is 4.90 Å². The maximum Gasteiger partial charge on any atom is 0.278 e. The molecule has 6 heteroatoms. The van der Waals surface area contributed by atoms with E-state index < -0.39 is 0 Å². The summed E-state index contributed by atoms with van der Waals surface area (Å²) in [6, 6.07) is 13.2. The smallest absolute Gasteiger partial charge is 0.278 e.